The van der Waals surface area contributed by atoms with Gasteiger partial charge in [0.1, 0.15) is 11.7 Å². The molecule has 0 heterocycles. The number of hydrogen-bond donors (Lipinski definition) is 2. The van der Waals surface area contributed by atoms with E-state index in [2.05, 4.69) is 59.8 Å². The van der Waals surface area contributed by atoms with Crippen molar-refractivity contribution in [2.75, 3.05) is 0 Å². The molecule has 0 spiro atoms. The van der Waals surface area contributed by atoms with Crippen molar-refractivity contribution in [2.24, 2.45) is 46.3 Å². The van der Waals surface area contributed by atoms with Crippen LogP contribution in [0.15, 0.2) is 23.8 Å². The summed E-state index contributed by atoms with van der Waals surface area (Å²) in [5.74, 6) is 2.83. The van der Waals surface area contributed by atoms with Crippen molar-refractivity contribution in [3.8, 4) is 0 Å². The maximum atomic E-state index is 12.0. The molecule has 0 aromatic heterocycles. The summed E-state index contributed by atoms with van der Waals surface area (Å²) in [6, 6.07) is 0. The SMILES string of the molecule is CC(=O)O[C@@H]1C=C2[C@@H]3CC[C@H]([C@H](C)/C=C/[C@H](C)C(C)C)[C@@]3(C)CC[C@@H]2[C@]2(C)CC[C@H](O)C[C@]12O. The Labute approximate surface area is 207 Å². The van der Waals surface area contributed by atoms with Crippen LogP contribution in [0.1, 0.15) is 93.4 Å². The van der Waals surface area contributed by atoms with E-state index in [9.17, 15) is 15.0 Å². The number of allylic oxidation sites excluding steroid dienone is 3. The number of ether oxygens (including phenoxy) is 1. The number of fused-ring (bicyclic) bond motifs is 5. The van der Waals surface area contributed by atoms with E-state index in [-0.39, 0.29) is 23.2 Å². The Balaban J connectivity index is 1.67. The fourth-order valence-corrected chi connectivity index (χ4v) is 8.44. The van der Waals surface area contributed by atoms with Gasteiger partial charge in [0, 0.05) is 18.8 Å². The fraction of sp³-hybridized carbons (Fsp3) is 0.833. The maximum absolute atomic E-state index is 12.0. The number of aliphatic hydroxyl groups is 2. The van der Waals surface area contributed by atoms with Crippen LogP contribution in [-0.2, 0) is 9.53 Å². The second kappa shape index (κ2) is 9.07. The molecule has 2 N–H and O–H groups in total. The van der Waals surface area contributed by atoms with E-state index in [4.69, 9.17) is 4.74 Å². The van der Waals surface area contributed by atoms with Gasteiger partial charge in [0.2, 0.25) is 0 Å². The van der Waals surface area contributed by atoms with E-state index in [1.54, 1.807) is 0 Å². The lowest BCUT2D eigenvalue weighted by Crippen LogP contribution is -2.66. The molecular formula is C30H48O4. The van der Waals surface area contributed by atoms with Gasteiger partial charge in [-0.2, -0.15) is 0 Å². The van der Waals surface area contributed by atoms with Gasteiger partial charge in [-0.05, 0) is 85.5 Å². The van der Waals surface area contributed by atoms with E-state index < -0.39 is 17.8 Å². The van der Waals surface area contributed by atoms with Crippen molar-refractivity contribution in [1.29, 1.82) is 0 Å². The Kier molecular flexibility index (Phi) is 6.92. The zero-order chi connectivity index (χ0) is 25.1. The van der Waals surface area contributed by atoms with E-state index >= 15 is 0 Å². The molecule has 4 rings (SSSR count). The van der Waals surface area contributed by atoms with Crippen molar-refractivity contribution in [3.05, 3.63) is 23.8 Å². The van der Waals surface area contributed by atoms with Gasteiger partial charge in [-0.1, -0.05) is 59.3 Å². The third kappa shape index (κ3) is 4.01. The van der Waals surface area contributed by atoms with Gasteiger partial charge in [0.05, 0.1) is 6.10 Å². The minimum Gasteiger partial charge on any atom is -0.455 e. The number of rotatable bonds is 5. The van der Waals surface area contributed by atoms with E-state index in [0.29, 0.717) is 41.9 Å². The van der Waals surface area contributed by atoms with Gasteiger partial charge in [-0.3, -0.25) is 4.79 Å². The minimum absolute atomic E-state index is 0.230. The van der Waals surface area contributed by atoms with Crippen LogP contribution < -0.4 is 0 Å². The second-order valence-electron chi connectivity index (χ2n) is 13.1. The first kappa shape index (κ1) is 25.9. The predicted octanol–water partition coefficient (Wildman–Crippen LogP) is 6.07. The van der Waals surface area contributed by atoms with Crippen LogP contribution in [0.4, 0.5) is 0 Å². The normalized spacial score (nSPS) is 45.8. The molecule has 192 valence electrons. The van der Waals surface area contributed by atoms with Crippen molar-refractivity contribution < 1.29 is 19.7 Å². The number of aliphatic hydroxyl groups excluding tert-OH is 1. The molecule has 0 amide bonds. The first-order valence-electron chi connectivity index (χ1n) is 13.8. The fourth-order valence-electron chi connectivity index (χ4n) is 8.44. The predicted molar refractivity (Wildman–Crippen MR) is 136 cm³/mol. The summed E-state index contributed by atoms with van der Waals surface area (Å²) in [5.41, 5.74) is 0.0686. The quantitative estimate of drug-likeness (QED) is 0.377. The van der Waals surface area contributed by atoms with Crippen LogP contribution in [-0.4, -0.2) is 34.0 Å². The highest BCUT2D eigenvalue weighted by atomic mass is 16.6. The summed E-state index contributed by atoms with van der Waals surface area (Å²) in [5, 5.41) is 22.4. The average Bonchev–Trinajstić information content (AvgIpc) is 3.10. The summed E-state index contributed by atoms with van der Waals surface area (Å²) in [4.78, 5) is 12.0. The molecule has 3 saturated carbocycles. The Hall–Kier alpha value is -1.13. The lowest BCUT2D eigenvalue weighted by atomic mass is 9.45. The number of esters is 1. The first-order valence-corrected chi connectivity index (χ1v) is 13.8. The van der Waals surface area contributed by atoms with E-state index in [0.717, 1.165) is 12.8 Å². The summed E-state index contributed by atoms with van der Waals surface area (Å²) < 4.78 is 5.78. The van der Waals surface area contributed by atoms with Gasteiger partial charge < -0.3 is 14.9 Å². The average molecular weight is 473 g/mol. The highest BCUT2D eigenvalue weighted by Gasteiger charge is 2.65. The van der Waals surface area contributed by atoms with Crippen LogP contribution in [0.25, 0.3) is 0 Å². The highest BCUT2D eigenvalue weighted by Crippen LogP contribution is 2.67. The Morgan fingerprint density at radius 2 is 1.76 bits per heavy atom. The second-order valence-corrected chi connectivity index (χ2v) is 13.1. The van der Waals surface area contributed by atoms with Gasteiger partial charge in [-0.15, -0.1) is 0 Å². The number of carbonyl (C=O) groups excluding carboxylic acids is 1. The molecule has 3 fully saturated rings. The molecule has 0 aliphatic heterocycles. The van der Waals surface area contributed by atoms with Crippen LogP contribution in [0.2, 0.25) is 0 Å². The molecule has 0 radical (unpaired) electrons. The Morgan fingerprint density at radius 3 is 2.41 bits per heavy atom. The molecule has 34 heavy (non-hydrogen) atoms. The van der Waals surface area contributed by atoms with Gasteiger partial charge in [0.15, 0.2) is 0 Å². The molecule has 4 aliphatic rings. The molecule has 4 heteroatoms. The smallest absolute Gasteiger partial charge is 0.303 e. The molecule has 10 atom stereocenters. The Morgan fingerprint density at radius 1 is 1.06 bits per heavy atom. The zero-order valence-corrected chi connectivity index (χ0v) is 22.5. The summed E-state index contributed by atoms with van der Waals surface area (Å²) >= 11 is 0. The lowest BCUT2D eigenvalue weighted by molar-refractivity contribution is -0.221. The number of carbonyl (C=O) groups is 1. The molecule has 0 unspecified atom stereocenters. The Bertz CT molecular complexity index is 845. The third-order valence-electron chi connectivity index (χ3n) is 11.0. The summed E-state index contributed by atoms with van der Waals surface area (Å²) in [6.45, 7) is 15.4. The topological polar surface area (TPSA) is 66.8 Å². The molecule has 0 aromatic rings. The summed E-state index contributed by atoms with van der Waals surface area (Å²) in [7, 11) is 0. The first-order chi connectivity index (χ1) is 15.8. The third-order valence-corrected chi connectivity index (χ3v) is 11.0. The largest absolute Gasteiger partial charge is 0.455 e. The monoisotopic (exact) mass is 472 g/mol. The van der Waals surface area contributed by atoms with Crippen molar-refractivity contribution in [2.45, 2.75) is 111 Å². The van der Waals surface area contributed by atoms with Gasteiger partial charge in [-0.25, -0.2) is 0 Å². The van der Waals surface area contributed by atoms with Crippen LogP contribution >= 0.6 is 0 Å². The molecule has 0 saturated heterocycles. The molecular weight excluding hydrogens is 424 g/mol. The van der Waals surface area contributed by atoms with Crippen molar-refractivity contribution in [1.82, 2.24) is 0 Å². The van der Waals surface area contributed by atoms with Gasteiger partial charge in [0.25, 0.3) is 0 Å². The standard InChI is InChI=1S/C30H48O4/c1-18(2)19(3)8-9-20(4)24-10-11-25-23-16-27(34-21(5)31)30(33)17-22(32)12-15-29(30,7)26(23)13-14-28(24,25)6/h8-9,16,18-20,22,24-27,32-33H,10-15,17H2,1-7H3/b9-8+/t19-,20+,22-,24+,25-,26-,27+,28+,29-,30-/m0/s1. The van der Waals surface area contributed by atoms with E-state index in [1.807, 2.05) is 0 Å². The maximum Gasteiger partial charge on any atom is 0.303 e. The molecule has 4 nitrogen and oxygen atoms in total. The van der Waals surface area contributed by atoms with Crippen LogP contribution in [0.5, 0.6) is 0 Å². The van der Waals surface area contributed by atoms with Crippen LogP contribution in [0, 0.1) is 46.3 Å². The molecule has 0 aromatic carbocycles. The molecule has 4 aliphatic carbocycles. The van der Waals surface area contributed by atoms with Crippen molar-refractivity contribution >= 4 is 5.97 Å². The van der Waals surface area contributed by atoms with Crippen molar-refractivity contribution in [3.63, 3.8) is 0 Å². The summed E-state index contributed by atoms with van der Waals surface area (Å²) in [6.07, 6.45) is 12.2. The lowest BCUT2D eigenvalue weighted by Gasteiger charge is -2.62. The van der Waals surface area contributed by atoms with Gasteiger partial charge >= 0.3 is 5.97 Å². The minimum atomic E-state index is -1.21. The number of hydrogen-bond acceptors (Lipinski definition) is 4. The zero-order valence-electron chi connectivity index (χ0n) is 22.5. The van der Waals surface area contributed by atoms with E-state index in [1.165, 1.54) is 31.8 Å². The highest BCUT2D eigenvalue weighted by molar-refractivity contribution is 5.66. The molecule has 0 bridgehead atoms. The van der Waals surface area contributed by atoms with Crippen LogP contribution in [0.3, 0.4) is 0 Å².